The number of hydrogen-bond acceptors (Lipinski definition) is 6. The minimum Gasteiger partial charge on any atom is -0.325 e. The highest BCUT2D eigenvalue weighted by molar-refractivity contribution is 5.90. The predicted octanol–water partition coefficient (Wildman–Crippen LogP) is 1.71. The maximum Gasteiger partial charge on any atom is 0.261 e. The van der Waals surface area contributed by atoms with Crippen molar-refractivity contribution < 1.29 is 4.79 Å². The van der Waals surface area contributed by atoms with Gasteiger partial charge in [0.25, 0.3) is 5.56 Å². The molecule has 0 aliphatic rings. The Morgan fingerprint density at radius 2 is 2.04 bits per heavy atom. The molecule has 0 atom stereocenters. The first-order chi connectivity index (χ1) is 13.6. The van der Waals surface area contributed by atoms with Crippen molar-refractivity contribution in [3.05, 3.63) is 71.4 Å². The lowest BCUT2D eigenvalue weighted by molar-refractivity contribution is -0.116. The topological polar surface area (TPSA) is 108 Å². The Kier molecular flexibility index (Phi) is 4.63. The smallest absolute Gasteiger partial charge is 0.261 e. The van der Waals surface area contributed by atoms with Crippen molar-refractivity contribution in [2.45, 2.75) is 19.9 Å². The van der Waals surface area contributed by atoms with Crippen molar-refractivity contribution in [3.63, 3.8) is 0 Å². The molecule has 9 heteroatoms. The average Bonchev–Trinajstić information content (AvgIpc) is 3.23. The molecular weight excluding hydrogens is 358 g/mol. The Balaban J connectivity index is 1.41. The van der Waals surface area contributed by atoms with E-state index < -0.39 is 0 Å². The molecule has 4 rings (SSSR count). The van der Waals surface area contributed by atoms with Crippen LogP contribution in [0.2, 0.25) is 0 Å². The Morgan fingerprint density at radius 1 is 1.14 bits per heavy atom. The van der Waals surface area contributed by atoms with E-state index in [0.29, 0.717) is 22.4 Å². The molecule has 9 nitrogen and oxygen atoms in total. The monoisotopic (exact) mass is 375 g/mol. The van der Waals surface area contributed by atoms with Crippen LogP contribution in [0.3, 0.4) is 0 Å². The van der Waals surface area contributed by atoms with Crippen LogP contribution in [0.1, 0.15) is 12.0 Å². The number of pyridine rings is 1. The van der Waals surface area contributed by atoms with Crippen LogP contribution in [0.15, 0.2) is 60.3 Å². The Labute approximate surface area is 159 Å². The van der Waals surface area contributed by atoms with Gasteiger partial charge in [-0.05, 0) is 30.7 Å². The van der Waals surface area contributed by atoms with E-state index in [1.165, 1.54) is 28.2 Å². The van der Waals surface area contributed by atoms with Gasteiger partial charge in [-0.1, -0.05) is 12.1 Å². The maximum atomic E-state index is 12.6. The Bertz CT molecular complexity index is 1180. The van der Waals surface area contributed by atoms with Crippen LogP contribution >= 0.6 is 0 Å². The van der Waals surface area contributed by atoms with Gasteiger partial charge in [-0.15, -0.1) is 0 Å². The lowest BCUT2D eigenvalue weighted by Gasteiger charge is -2.09. The second kappa shape index (κ2) is 7.39. The molecule has 0 aliphatic heterocycles. The number of para-hydroxylation sites is 1. The van der Waals surface area contributed by atoms with Crippen LogP contribution in [-0.4, -0.2) is 35.2 Å². The van der Waals surface area contributed by atoms with Crippen molar-refractivity contribution in [2.75, 3.05) is 5.32 Å². The van der Waals surface area contributed by atoms with Crippen molar-refractivity contribution >= 4 is 22.5 Å². The van der Waals surface area contributed by atoms with Gasteiger partial charge in [0.05, 0.1) is 29.1 Å². The number of fused-ring (bicyclic) bond motifs is 1. The fourth-order valence-corrected chi connectivity index (χ4v) is 2.86. The lowest BCUT2D eigenvalue weighted by Crippen LogP contribution is -2.23. The number of nitrogens with zero attached hydrogens (tertiary/aromatic N) is 6. The molecule has 1 N–H and O–H groups in total. The first-order valence-electron chi connectivity index (χ1n) is 8.67. The van der Waals surface area contributed by atoms with Crippen LogP contribution < -0.4 is 10.9 Å². The third-order valence-electron chi connectivity index (χ3n) is 4.32. The summed E-state index contributed by atoms with van der Waals surface area (Å²) in [5, 5.41) is 7.31. The van der Waals surface area contributed by atoms with E-state index >= 15 is 0 Å². The SMILES string of the molecule is Cc1cccc2c(=O)n(CCC(=O)Nc3ccc(-n4cncn4)nc3)cnc12. The fraction of sp³-hybridized carbons (Fsp3) is 0.158. The molecule has 0 spiro atoms. The molecule has 0 saturated carbocycles. The highest BCUT2D eigenvalue weighted by Gasteiger charge is 2.08. The average molecular weight is 375 g/mol. The summed E-state index contributed by atoms with van der Waals surface area (Å²) < 4.78 is 2.97. The highest BCUT2D eigenvalue weighted by Crippen LogP contribution is 2.12. The quantitative estimate of drug-likeness (QED) is 0.569. The summed E-state index contributed by atoms with van der Waals surface area (Å²) in [6, 6.07) is 8.94. The zero-order valence-corrected chi connectivity index (χ0v) is 15.1. The molecule has 1 aromatic carbocycles. The van der Waals surface area contributed by atoms with E-state index in [9.17, 15) is 9.59 Å². The highest BCUT2D eigenvalue weighted by atomic mass is 16.2. The summed E-state index contributed by atoms with van der Waals surface area (Å²) in [4.78, 5) is 37.2. The van der Waals surface area contributed by atoms with Gasteiger partial charge in [0.2, 0.25) is 5.91 Å². The van der Waals surface area contributed by atoms with Gasteiger partial charge >= 0.3 is 0 Å². The van der Waals surface area contributed by atoms with Gasteiger partial charge in [-0.25, -0.2) is 19.6 Å². The molecule has 0 saturated heterocycles. The number of aryl methyl sites for hydroxylation is 2. The van der Waals surface area contributed by atoms with Crippen molar-refractivity contribution in [3.8, 4) is 5.82 Å². The number of carbonyl (C=O) groups excluding carboxylic acids is 1. The van der Waals surface area contributed by atoms with Gasteiger partial charge in [0, 0.05) is 13.0 Å². The van der Waals surface area contributed by atoms with Crippen LogP contribution in [0.5, 0.6) is 0 Å². The second-order valence-corrected chi connectivity index (χ2v) is 6.26. The molecule has 4 aromatic rings. The van der Waals surface area contributed by atoms with Crippen molar-refractivity contribution in [1.29, 1.82) is 0 Å². The van der Waals surface area contributed by atoms with Crippen LogP contribution in [0, 0.1) is 6.92 Å². The second-order valence-electron chi connectivity index (χ2n) is 6.26. The van der Waals surface area contributed by atoms with Gasteiger partial charge in [0.15, 0.2) is 5.82 Å². The number of amides is 1. The number of anilines is 1. The first kappa shape index (κ1) is 17.5. The molecule has 140 valence electrons. The molecule has 0 unspecified atom stereocenters. The van der Waals surface area contributed by atoms with E-state index in [1.807, 2.05) is 19.1 Å². The number of rotatable bonds is 5. The van der Waals surface area contributed by atoms with Gasteiger partial charge in [-0.3, -0.25) is 14.2 Å². The van der Waals surface area contributed by atoms with Crippen LogP contribution in [-0.2, 0) is 11.3 Å². The molecule has 28 heavy (non-hydrogen) atoms. The zero-order chi connectivity index (χ0) is 19.5. The molecule has 3 heterocycles. The molecule has 1 amide bonds. The largest absolute Gasteiger partial charge is 0.325 e. The standard InChI is InChI=1S/C19H17N7O2/c1-13-3-2-4-15-18(13)22-12-25(19(15)28)8-7-17(27)24-14-5-6-16(21-9-14)26-11-20-10-23-26/h2-6,9-12H,7-8H2,1H3,(H,24,27). The third kappa shape index (κ3) is 3.50. The number of benzene rings is 1. The lowest BCUT2D eigenvalue weighted by atomic mass is 10.1. The van der Waals surface area contributed by atoms with Gasteiger partial charge in [0.1, 0.15) is 12.7 Å². The van der Waals surface area contributed by atoms with E-state index in [4.69, 9.17) is 0 Å². The minimum atomic E-state index is -0.216. The summed E-state index contributed by atoms with van der Waals surface area (Å²) in [5.74, 6) is 0.381. The van der Waals surface area contributed by atoms with E-state index in [1.54, 1.807) is 24.4 Å². The van der Waals surface area contributed by atoms with Crippen LogP contribution in [0.4, 0.5) is 5.69 Å². The summed E-state index contributed by atoms with van der Waals surface area (Å²) in [6.45, 7) is 2.15. The summed E-state index contributed by atoms with van der Waals surface area (Å²) in [6.07, 6.45) is 6.13. The minimum absolute atomic E-state index is 0.143. The molecule has 0 aliphatic carbocycles. The molecular formula is C19H17N7O2. The summed E-state index contributed by atoms with van der Waals surface area (Å²) in [7, 11) is 0. The maximum absolute atomic E-state index is 12.6. The summed E-state index contributed by atoms with van der Waals surface area (Å²) >= 11 is 0. The molecule has 3 aromatic heterocycles. The van der Waals surface area contributed by atoms with Gasteiger partial charge in [-0.2, -0.15) is 5.10 Å². The predicted molar refractivity (Wildman–Crippen MR) is 103 cm³/mol. The Hall–Kier alpha value is -3.88. The molecule has 0 bridgehead atoms. The summed E-state index contributed by atoms with van der Waals surface area (Å²) in [5.41, 5.74) is 2.04. The number of hydrogen-bond donors (Lipinski definition) is 1. The first-order valence-corrected chi connectivity index (χ1v) is 8.67. The number of nitrogens with one attached hydrogen (secondary N) is 1. The van der Waals surface area contributed by atoms with E-state index in [2.05, 4.69) is 25.4 Å². The van der Waals surface area contributed by atoms with E-state index in [-0.39, 0.29) is 24.4 Å². The number of carbonyl (C=O) groups is 1. The van der Waals surface area contributed by atoms with Crippen molar-refractivity contribution in [2.24, 2.45) is 0 Å². The van der Waals surface area contributed by atoms with Gasteiger partial charge < -0.3 is 5.32 Å². The van der Waals surface area contributed by atoms with Crippen LogP contribution in [0.25, 0.3) is 16.7 Å². The zero-order valence-electron chi connectivity index (χ0n) is 15.1. The van der Waals surface area contributed by atoms with E-state index in [0.717, 1.165) is 5.56 Å². The fourth-order valence-electron chi connectivity index (χ4n) is 2.86. The number of aromatic nitrogens is 6. The normalized spacial score (nSPS) is 10.9. The Morgan fingerprint density at radius 3 is 2.79 bits per heavy atom. The van der Waals surface area contributed by atoms with Crippen molar-refractivity contribution in [1.82, 2.24) is 29.3 Å². The molecule has 0 radical (unpaired) electrons. The third-order valence-corrected chi connectivity index (χ3v) is 4.32. The molecule has 0 fully saturated rings.